The largest absolute Gasteiger partial charge is 0.333 e. The maximum absolute atomic E-state index is 12.9. The monoisotopic (exact) mass is 350 g/mol. The molecule has 0 saturated carbocycles. The van der Waals surface area contributed by atoms with Crippen LogP contribution in [0.25, 0.3) is 0 Å². The lowest BCUT2D eigenvalue weighted by Gasteiger charge is -2.36. The van der Waals surface area contributed by atoms with Gasteiger partial charge in [0.25, 0.3) is 0 Å². The second kappa shape index (κ2) is 7.33. The Morgan fingerprint density at radius 3 is 2.30 bits per heavy atom. The first-order chi connectivity index (χ1) is 10.8. The van der Waals surface area contributed by atoms with Crippen LogP contribution in [0, 0.1) is 0 Å². The Bertz CT molecular complexity index is 661. The van der Waals surface area contributed by atoms with E-state index in [2.05, 4.69) is 4.98 Å². The van der Waals surface area contributed by atoms with E-state index in [0.717, 1.165) is 5.56 Å². The number of hydrogen-bond acceptors (Lipinski definition) is 2. The first-order valence-electron chi connectivity index (χ1n) is 7.41. The molecular formula is C18H20Cl2N2O. The fraction of sp³-hybridized carbons (Fsp3) is 0.333. The number of nitrogens with zero attached hydrogens (tertiary/aromatic N) is 2. The van der Waals surface area contributed by atoms with E-state index in [9.17, 15) is 4.79 Å². The van der Waals surface area contributed by atoms with Gasteiger partial charge < -0.3 is 4.90 Å². The summed E-state index contributed by atoms with van der Waals surface area (Å²) in [4.78, 5) is 18.8. The van der Waals surface area contributed by atoms with E-state index in [1.54, 1.807) is 30.6 Å². The molecule has 2 rings (SSSR count). The van der Waals surface area contributed by atoms with Crippen LogP contribution in [0.1, 0.15) is 31.9 Å². The Morgan fingerprint density at radius 1 is 1.13 bits per heavy atom. The molecule has 23 heavy (non-hydrogen) atoms. The standard InChI is InChI=1S/C18H20Cl2N2O/c1-18(2,3)22(12-13-6-5-9-21-11-13)17(23)10-14-15(19)7-4-8-16(14)20/h4-9,11H,10,12H2,1-3H3. The number of hydrogen-bond donors (Lipinski definition) is 0. The zero-order valence-corrected chi connectivity index (χ0v) is 15.0. The summed E-state index contributed by atoms with van der Waals surface area (Å²) in [6, 6.07) is 9.10. The average molecular weight is 351 g/mol. The number of carbonyl (C=O) groups excluding carboxylic acids is 1. The maximum Gasteiger partial charge on any atom is 0.227 e. The van der Waals surface area contributed by atoms with Crippen molar-refractivity contribution in [3.05, 3.63) is 63.9 Å². The zero-order chi connectivity index (χ0) is 17.0. The number of carbonyl (C=O) groups is 1. The molecule has 0 aliphatic rings. The van der Waals surface area contributed by atoms with Gasteiger partial charge in [0, 0.05) is 34.5 Å². The molecule has 0 fully saturated rings. The number of halogens is 2. The Hall–Kier alpha value is -1.58. The molecule has 122 valence electrons. The van der Waals surface area contributed by atoms with Crippen molar-refractivity contribution >= 4 is 29.1 Å². The van der Waals surface area contributed by atoms with Crippen LogP contribution in [0.2, 0.25) is 10.0 Å². The van der Waals surface area contributed by atoms with Crippen LogP contribution >= 0.6 is 23.2 Å². The highest BCUT2D eigenvalue weighted by Gasteiger charge is 2.27. The molecule has 0 N–H and O–H groups in total. The molecule has 1 aromatic heterocycles. The molecule has 0 saturated heterocycles. The molecule has 0 aliphatic carbocycles. The van der Waals surface area contributed by atoms with E-state index in [1.165, 1.54) is 0 Å². The Balaban J connectivity index is 2.24. The van der Waals surface area contributed by atoms with Crippen LogP contribution in [0.15, 0.2) is 42.7 Å². The van der Waals surface area contributed by atoms with Gasteiger partial charge in [0.1, 0.15) is 0 Å². The summed E-state index contributed by atoms with van der Waals surface area (Å²) < 4.78 is 0. The van der Waals surface area contributed by atoms with Crippen molar-refractivity contribution in [3.8, 4) is 0 Å². The quantitative estimate of drug-likeness (QED) is 0.796. The van der Waals surface area contributed by atoms with Gasteiger partial charge in [-0.25, -0.2) is 0 Å². The van der Waals surface area contributed by atoms with Crippen LogP contribution in [0.3, 0.4) is 0 Å². The number of benzene rings is 1. The third-order valence-electron chi connectivity index (χ3n) is 3.56. The number of rotatable bonds is 4. The topological polar surface area (TPSA) is 33.2 Å². The first kappa shape index (κ1) is 17.8. The SMILES string of the molecule is CC(C)(C)N(Cc1cccnc1)C(=O)Cc1c(Cl)cccc1Cl. The van der Waals surface area contributed by atoms with Crippen LogP contribution in [0.4, 0.5) is 0 Å². The number of aromatic nitrogens is 1. The smallest absolute Gasteiger partial charge is 0.227 e. The van der Waals surface area contributed by atoms with E-state index in [1.807, 2.05) is 37.8 Å². The summed E-state index contributed by atoms with van der Waals surface area (Å²) in [5.74, 6) is -0.0173. The van der Waals surface area contributed by atoms with Gasteiger partial charge >= 0.3 is 0 Å². The van der Waals surface area contributed by atoms with E-state index in [-0.39, 0.29) is 17.9 Å². The van der Waals surface area contributed by atoms with Gasteiger partial charge in [-0.15, -0.1) is 0 Å². The molecule has 1 heterocycles. The van der Waals surface area contributed by atoms with E-state index in [0.29, 0.717) is 22.2 Å². The zero-order valence-electron chi connectivity index (χ0n) is 13.5. The summed E-state index contributed by atoms with van der Waals surface area (Å²) in [7, 11) is 0. The summed E-state index contributed by atoms with van der Waals surface area (Å²) >= 11 is 12.4. The maximum atomic E-state index is 12.9. The molecule has 0 spiro atoms. The summed E-state index contributed by atoms with van der Waals surface area (Å²) in [5, 5.41) is 1.03. The van der Waals surface area contributed by atoms with Gasteiger partial charge in [-0.05, 0) is 50.1 Å². The van der Waals surface area contributed by atoms with Crippen molar-refractivity contribution in [2.75, 3.05) is 0 Å². The van der Waals surface area contributed by atoms with Gasteiger partial charge in [0.2, 0.25) is 5.91 Å². The molecule has 0 aliphatic heterocycles. The fourth-order valence-corrected chi connectivity index (χ4v) is 2.85. The van der Waals surface area contributed by atoms with Crippen molar-refractivity contribution in [2.24, 2.45) is 0 Å². The third-order valence-corrected chi connectivity index (χ3v) is 4.27. The molecule has 0 radical (unpaired) electrons. The van der Waals surface area contributed by atoms with Crippen molar-refractivity contribution < 1.29 is 4.79 Å². The summed E-state index contributed by atoms with van der Waals surface area (Å²) in [6.45, 7) is 6.53. The highest BCUT2D eigenvalue weighted by Crippen LogP contribution is 2.27. The van der Waals surface area contributed by atoms with Crippen LogP contribution in [0.5, 0.6) is 0 Å². The lowest BCUT2D eigenvalue weighted by molar-refractivity contribution is -0.136. The highest BCUT2D eigenvalue weighted by atomic mass is 35.5. The lowest BCUT2D eigenvalue weighted by atomic mass is 10.0. The number of pyridine rings is 1. The fourth-order valence-electron chi connectivity index (χ4n) is 2.32. The first-order valence-corrected chi connectivity index (χ1v) is 8.17. The minimum absolute atomic E-state index is 0.0173. The van der Waals surface area contributed by atoms with E-state index in [4.69, 9.17) is 23.2 Å². The molecular weight excluding hydrogens is 331 g/mol. The molecule has 0 atom stereocenters. The second-order valence-electron chi connectivity index (χ2n) is 6.39. The Kier molecular flexibility index (Phi) is 5.66. The Morgan fingerprint density at radius 2 is 1.78 bits per heavy atom. The lowest BCUT2D eigenvalue weighted by Crippen LogP contribution is -2.45. The Labute approximate surface area is 147 Å². The molecule has 3 nitrogen and oxygen atoms in total. The third kappa shape index (κ3) is 4.69. The van der Waals surface area contributed by atoms with Crippen molar-refractivity contribution in [3.63, 3.8) is 0 Å². The number of amides is 1. The normalized spacial score (nSPS) is 11.3. The van der Waals surface area contributed by atoms with Crippen LogP contribution in [-0.2, 0) is 17.8 Å². The second-order valence-corrected chi connectivity index (χ2v) is 7.20. The molecule has 2 aromatic rings. The van der Waals surface area contributed by atoms with Crippen LogP contribution in [-0.4, -0.2) is 21.3 Å². The van der Waals surface area contributed by atoms with Gasteiger partial charge in [-0.1, -0.05) is 35.3 Å². The molecule has 1 amide bonds. The minimum atomic E-state index is -0.319. The van der Waals surface area contributed by atoms with Gasteiger partial charge in [0.15, 0.2) is 0 Å². The average Bonchev–Trinajstić information content (AvgIpc) is 2.48. The summed E-state index contributed by atoms with van der Waals surface area (Å²) in [5.41, 5.74) is 1.34. The van der Waals surface area contributed by atoms with Crippen molar-refractivity contribution in [2.45, 2.75) is 39.3 Å². The van der Waals surface area contributed by atoms with Gasteiger partial charge in [-0.2, -0.15) is 0 Å². The highest BCUT2D eigenvalue weighted by molar-refractivity contribution is 6.36. The van der Waals surface area contributed by atoms with Crippen LogP contribution < -0.4 is 0 Å². The van der Waals surface area contributed by atoms with E-state index < -0.39 is 0 Å². The molecule has 0 unspecified atom stereocenters. The van der Waals surface area contributed by atoms with Gasteiger partial charge in [-0.3, -0.25) is 9.78 Å². The molecule has 1 aromatic carbocycles. The molecule has 0 bridgehead atoms. The predicted molar refractivity (Wildman–Crippen MR) is 94.7 cm³/mol. The van der Waals surface area contributed by atoms with Crippen molar-refractivity contribution in [1.29, 1.82) is 0 Å². The van der Waals surface area contributed by atoms with E-state index >= 15 is 0 Å². The van der Waals surface area contributed by atoms with Gasteiger partial charge in [0.05, 0.1) is 6.42 Å². The summed E-state index contributed by atoms with van der Waals surface area (Å²) in [6.07, 6.45) is 3.67. The van der Waals surface area contributed by atoms with Crippen molar-refractivity contribution in [1.82, 2.24) is 9.88 Å². The minimum Gasteiger partial charge on any atom is -0.333 e. The molecule has 5 heteroatoms. The predicted octanol–water partition coefficient (Wildman–Crippen LogP) is 4.76.